The van der Waals surface area contributed by atoms with Crippen molar-refractivity contribution in [3.63, 3.8) is 0 Å². The number of aromatic nitrogens is 2. The minimum Gasteiger partial charge on any atom is -0.461 e. The van der Waals surface area contributed by atoms with Crippen LogP contribution in [0.3, 0.4) is 0 Å². The Bertz CT molecular complexity index is 1070. The van der Waals surface area contributed by atoms with Crippen molar-refractivity contribution in [3.8, 4) is 5.75 Å². The van der Waals surface area contributed by atoms with Gasteiger partial charge in [0.2, 0.25) is 11.6 Å². The Morgan fingerprint density at radius 2 is 2.00 bits per heavy atom. The molecule has 32 heavy (non-hydrogen) atoms. The number of alkyl halides is 3. The number of carbonyl (C=O) groups excluding carboxylic acids is 1. The van der Waals surface area contributed by atoms with Crippen molar-refractivity contribution in [2.75, 3.05) is 23.5 Å². The first-order chi connectivity index (χ1) is 15.2. The van der Waals surface area contributed by atoms with Crippen molar-refractivity contribution >= 4 is 34.7 Å². The summed E-state index contributed by atoms with van der Waals surface area (Å²) in [6, 6.07) is 4.57. The number of ether oxygens (including phenoxy) is 2. The summed E-state index contributed by atoms with van der Waals surface area (Å²) in [5.41, 5.74) is -0.217. The van der Waals surface area contributed by atoms with Crippen LogP contribution in [-0.2, 0) is 9.53 Å². The first-order valence-corrected chi connectivity index (χ1v) is 8.96. The van der Waals surface area contributed by atoms with Crippen LogP contribution in [0.1, 0.15) is 6.92 Å². The Hall–Kier alpha value is -4.23. The van der Waals surface area contributed by atoms with Crippen molar-refractivity contribution < 1.29 is 32.4 Å². The lowest BCUT2D eigenvalue weighted by Crippen LogP contribution is -2.27. The van der Waals surface area contributed by atoms with E-state index in [0.717, 1.165) is 18.5 Å². The van der Waals surface area contributed by atoms with E-state index in [1.807, 2.05) is 0 Å². The predicted octanol–water partition coefficient (Wildman–Crippen LogP) is 3.32. The van der Waals surface area contributed by atoms with E-state index in [0.29, 0.717) is 0 Å². The molecule has 0 spiro atoms. The van der Waals surface area contributed by atoms with E-state index in [9.17, 15) is 28.1 Å². The summed E-state index contributed by atoms with van der Waals surface area (Å²) in [5, 5.41) is 14.4. The average molecular weight is 452 g/mol. The Morgan fingerprint density at radius 1 is 1.28 bits per heavy atom. The van der Waals surface area contributed by atoms with Crippen LogP contribution >= 0.6 is 0 Å². The predicted molar refractivity (Wildman–Crippen MR) is 106 cm³/mol. The number of halogens is 3. The number of benzene rings is 1. The van der Waals surface area contributed by atoms with E-state index >= 15 is 0 Å². The molecule has 2 aromatic rings. The van der Waals surface area contributed by atoms with Crippen molar-refractivity contribution in [3.05, 3.63) is 53.0 Å². The van der Waals surface area contributed by atoms with Crippen molar-refractivity contribution in [1.82, 2.24) is 9.97 Å². The zero-order valence-electron chi connectivity index (χ0n) is 16.4. The zero-order valence-corrected chi connectivity index (χ0v) is 16.4. The van der Waals surface area contributed by atoms with Gasteiger partial charge in [-0.25, -0.2) is 14.8 Å². The molecule has 0 saturated heterocycles. The maximum absolute atomic E-state index is 12.3. The van der Waals surface area contributed by atoms with Gasteiger partial charge in [0.15, 0.2) is 0 Å². The van der Waals surface area contributed by atoms with Crippen LogP contribution in [0.2, 0.25) is 0 Å². The van der Waals surface area contributed by atoms with Crippen LogP contribution in [-0.4, -0.2) is 46.2 Å². The lowest BCUT2D eigenvalue weighted by Gasteiger charge is -2.20. The molecule has 0 aliphatic carbocycles. The molecule has 1 aromatic carbocycles. The molecule has 1 aliphatic rings. The van der Waals surface area contributed by atoms with Crippen LogP contribution < -0.4 is 15.0 Å². The molecule has 1 N–H and O–H groups in total. The van der Waals surface area contributed by atoms with Gasteiger partial charge in [0, 0.05) is 11.9 Å². The number of rotatable bonds is 7. The SMILES string of the molecule is CCOC(=O)C1=NCN(c2ncnc(Nc3ccc(OC(F)(F)F)cc3)c2[N+](=O)[O-])C=C1. The summed E-state index contributed by atoms with van der Waals surface area (Å²) in [6.07, 6.45) is -1.04. The Kier molecular flexibility index (Phi) is 6.51. The number of nitrogens with one attached hydrogen (secondary N) is 1. The van der Waals surface area contributed by atoms with Crippen LogP contribution in [0.5, 0.6) is 5.75 Å². The fourth-order valence-electron chi connectivity index (χ4n) is 2.60. The molecule has 0 fully saturated rings. The second kappa shape index (κ2) is 9.28. The van der Waals surface area contributed by atoms with Crippen molar-refractivity contribution in [2.24, 2.45) is 4.99 Å². The molecule has 1 aromatic heterocycles. The van der Waals surface area contributed by atoms with Gasteiger partial charge in [0.25, 0.3) is 0 Å². The number of nitro groups is 1. The number of hydrogen-bond donors (Lipinski definition) is 1. The standard InChI is InChI=1S/C18H15F3N6O5/c1-2-31-17(28)13-7-8-26(10-24-13)16-14(27(29)30)15(22-9-23-16)25-11-3-5-12(6-4-11)32-18(19,20)21/h3-9H,2,10H2,1H3,(H,22,23,25). The quantitative estimate of drug-likeness (QED) is 0.382. The topological polar surface area (TPSA) is 132 Å². The molecule has 0 atom stereocenters. The molecule has 0 unspecified atom stereocenters. The van der Waals surface area contributed by atoms with E-state index in [-0.39, 0.29) is 36.3 Å². The van der Waals surface area contributed by atoms with Crippen LogP contribution in [0.15, 0.2) is 47.9 Å². The summed E-state index contributed by atoms with van der Waals surface area (Å²) >= 11 is 0. The summed E-state index contributed by atoms with van der Waals surface area (Å²) in [5.74, 6) is -1.37. The normalized spacial score (nSPS) is 13.4. The largest absolute Gasteiger partial charge is 0.573 e. The fourth-order valence-corrected chi connectivity index (χ4v) is 2.60. The van der Waals surface area contributed by atoms with Gasteiger partial charge in [-0.05, 0) is 37.3 Å². The van der Waals surface area contributed by atoms with Crippen molar-refractivity contribution in [2.45, 2.75) is 13.3 Å². The highest BCUT2D eigenvalue weighted by Gasteiger charge is 2.31. The number of anilines is 3. The summed E-state index contributed by atoms with van der Waals surface area (Å²) in [4.78, 5) is 35.9. The first kappa shape index (κ1) is 22.5. The molecule has 0 amide bonds. The second-order valence-corrected chi connectivity index (χ2v) is 6.04. The molecule has 0 radical (unpaired) electrons. The van der Waals surface area contributed by atoms with Crippen molar-refractivity contribution in [1.29, 1.82) is 0 Å². The lowest BCUT2D eigenvalue weighted by molar-refractivity contribution is -0.383. The van der Waals surface area contributed by atoms with E-state index in [2.05, 4.69) is 25.0 Å². The second-order valence-electron chi connectivity index (χ2n) is 6.04. The molecular weight excluding hydrogens is 437 g/mol. The summed E-state index contributed by atoms with van der Waals surface area (Å²) in [7, 11) is 0. The molecule has 0 bridgehead atoms. The molecule has 1 aliphatic heterocycles. The zero-order chi connectivity index (χ0) is 23.3. The third-order valence-electron chi connectivity index (χ3n) is 3.90. The smallest absolute Gasteiger partial charge is 0.461 e. The minimum absolute atomic E-state index is 0.0549. The van der Waals surface area contributed by atoms with Gasteiger partial charge < -0.3 is 19.7 Å². The third-order valence-corrected chi connectivity index (χ3v) is 3.90. The maximum Gasteiger partial charge on any atom is 0.573 e. The summed E-state index contributed by atoms with van der Waals surface area (Å²) in [6.45, 7) is 1.68. The highest BCUT2D eigenvalue weighted by molar-refractivity contribution is 6.41. The number of aliphatic imine (C=N–C) groups is 1. The monoisotopic (exact) mass is 452 g/mol. The number of esters is 1. The van der Waals surface area contributed by atoms with Gasteiger partial charge in [-0.3, -0.25) is 15.1 Å². The van der Waals surface area contributed by atoms with Crippen LogP contribution in [0.25, 0.3) is 0 Å². The molecule has 14 heteroatoms. The molecule has 2 heterocycles. The van der Waals surface area contributed by atoms with Gasteiger partial charge in [-0.2, -0.15) is 0 Å². The fraction of sp³-hybridized carbons (Fsp3) is 0.222. The van der Waals surface area contributed by atoms with E-state index in [1.165, 1.54) is 29.3 Å². The Balaban J connectivity index is 1.83. The molecule has 0 saturated carbocycles. The van der Waals surface area contributed by atoms with E-state index in [4.69, 9.17) is 4.74 Å². The number of nitrogens with zero attached hydrogens (tertiary/aromatic N) is 5. The summed E-state index contributed by atoms with van der Waals surface area (Å²) < 4.78 is 45.5. The first-order valence-electron chi connectivity index (χ1n) is 8.96. The van der Waals surface area contributed by atoms with Gasteiger partial charge in [-0.1, -0.05) is 0 Å². The molecule has 11 nitrogen and oxygen atoms in total. The molecular formula is C18H15F3N6O5. The highest BCUT2D eigenvalue weighted by atomic mass is 19.4. The average Bonchev–Trinajstić information content (AvgIpc) is 2.74. The minimum atomic E-state index is -4.84. The Morgan fingerprint density at radius 3 is 2.56 bits per heavy atom. The van der Waals surface area contributed by atoms with Gasteiger partial charge in [-0.15, -0.1) is 13.2 Å². The van der Waals surface area contributed by atoms with Gasteiger partial charge in [0.05, 0.1) is 11.5 Å². The number of hydrogen-bond acceptors (Lipinski definition) is 10. The van der Waals surface area contributed by atoms with Gasteiger partial charge in [0.1, 0.15) is 24.5 Å². The third kappa shape index (κ3) is 5.47. The highest BCUT2D eigenvalue weighted by Crippen LogP contribution is 2.34. The molecule has 3 rings (SSSR count). The van der Waals surface area contributed by atoms with Crippen LogP contribution in [0.4, 0.5) is 36.2 Å². The van der Waals surface area contributed by atoms with Gasteiger partial charge >= 0.3 is 18.0 Å². The van der Waals surface area contributed by atoms with E-state index in [1.54, 1.807) is 6.92 Å². The molecule has 168 valence electrons. The maximum atomic E-state index is 12.3. The Labute approximate surface area is 178 Å². The van der Waals surface area contributed by atoms with E-state index < -0.39 is 28.7 Å². The number of carbonyl (C=O) groups is 1. The van der Waals surface area contributed by atoms with Crippen LogP contribution in [0, 0.1) is 10.1 Å². The lowest BCUT2D eigenvalue weighted by atomic mass is 10.3.